The lowest BCUT2D eigenvalue weighted by Gasteiger charge is -2.35. The Morgan fingerprint density at radius 3 is 2.46 bits per heavy atom. The number of carbonyl (C=O) groups is 1. The Bertz CT molecular complexity index is 536. The maximum atomic E-state index is 12.0. The third-order valence-corrected chi connectivity index (χ3v) is 4.49. The second kappa shape index (κ2) is 8.46. The van der Waals surface area contributed by atoms with E-state index >= 15 is 0 Å². The summed E-state index contributed by atoms with van der Waals surface area (Å²) in [5.74, 6) is 0. The number of aliphatic hydroxyl groups is 1. The van der Waals surface area contributed by atoms with Gasteiger partial charge in [0.2, 0.25) is 0 Å². The SMILES string of the molecule is COC1(CNC(=O)NCC(O)c2cc(C)cc(C)c2)CCOCC1. The topological polar surface area (TPSA) is 79.8 Å². The number of ether oxygens (including phenoxy) is 2. The van der Waals surface area contributed by atoms with Crippen LogP contribution in [0.3, 0.4) is 0 Å². The van der Waals surface area contributed by atoms with E-state index in [1.54, 1.807) is 7.11 Å². The molecule has 1 saturated heterocycles. The molecule has 2 rings (SSSR count). The zero-order chi connectivity index (χ0) is 17.6. The molecule has 1 aliphatic heterocycles. The van der Waals surface area contributed by atoms with Crippen LogP contribution in [-0.2, 0) is 9.47 Å². The van der Waals surface area contributed by atoms with Crippen LogP contribution in [-0.4, -0.2) is 50.2 Å². The minimum atomic E-state index is -0.728. The molecule has 0 aliphatic carbocycles. The van der Waals surface area contributed by atoms with Gasteiger partial charge in [-0.05, 0) is 19.4 Å². The smallest absolute Gasteiger partial charge is 0.314 e. The molecule has 0 spiro atoms. The summed E-state index contributed by atoms with van der Waals surface area (Å²) in [6.45, 7) is 5.85. The van der Waals surface area contributed by atoms with Gasteiger partial charge in [-0.1, -0.05) is 29.3 Å². The van der Waals surface area contributed by atoms with Gasteiger partial charge < -0.3 is 25.2 Å². The number of urea groups is 1. The molecule has 0 aromatic heterocycles. The number of amides is 2. The van der Waals surface area contributed by atoms with Crippen LogP contribution in [0.4, 0.5) is 4.79 Å². The highest BCUT2D eigenvalue weighted by Gasteiger charge is 2.32. The number of carbonyl (C=O) groups excluding carboxylic acids is 1. The molecule has 0 bridgehead atoms. The average Bonchev–Trinajstić information content (AvgIpc) is 2.57. The number of aryl methyl sites for hydroxylation is 2. The molecular weight excluding hydrogens is 308 g/mol. The fourth-order valence-electron chi connectivity index (χ4n) is 3.01. The highest BCUT2D eigenvalue weighted by molar-refractivity contribution is 5.73. The molecule has 0 saturated carbocycles. The Balaban J connectivity index is 1.80. The summed E-state index contributed by atoms with van der Waals surface area (Å²) in [4.78, 5) is 12.0. The van der Waals surface area contributed by atoms with E-state index in [4.69, 9.17) is 9.47 Å². The molecule has 1 fully saturated rings. The van der Waals surface area contributed by atoms with Gasteiger partial charge in [-0.2, -0.15) is 0 Å². The number of rotatable bonds is 6. The van der Waals surface area contributed by atoms with Gasteiger partial charge >= 0.3 is 6.03 Å². The number of hydrogen-bond donors (Lipinski definition) is 3. The van der Waals surface area contributed by atoms with Crippen molar-refractivity contribution in [2.24, 2.45) is 0 Å². The lowest BCUT2D eigenvalue weighted by Crippen LogP contribution is -2.50. The second-order valence-electron chi connectivity index (χ2n) is 6.50. The first-order valence-electron chi connectivity index (χ1n) is 8.35. The van der Waals surface area contributed by atoms with Crippen LogP contribution in [0, 0.1) is 13.8 Å². The fraction of sp³-hybridized carbons (Fsp3) is 0.611. The van der Waals surface area contributed by atoms with Crippen molar-refractivity contribution in [3.8, 4) is 0 Å². The van der Waals surface area contributed by atoms with E-state index < -0.39 is 6.10 Å². The molecule has 1 aliphatic rings. The first-order chi connectivity index (χ1) is 11.4. The van der Waals surface area contributed by atoms with Crippen molar-refractivity contribution >= 4 is 6.03 Å². The van der Waals surface area contributed by atoms with E-state index in [1.165, 1.54) is 0 Å². The molecule has 1 aromatic carbocycles. The molecular formula is C18H28N2O4. The zero-order valence-electron chi connectivity index (χ0n) is 14.7. The lowest BCUT2D eigenvalue weighted by molar-refractivity contribution is -0.0861. The van der Waals surface area contributed by atoms with Gasteiger partial charge in [0.05, 0.1) is 11.7 Å². The van der Waals surface area contributed by atoms with Crippen LogP contribution in [0.25, 0.3) is 0 Å². The maximum Gasteiger partial charge on any atom is 0.314 e. The van der Waals surface area contributed by atoms with E-state index in [1.807, 2.05) is 26.0 Å². The number of methoxy groups -OCH3 is 1. The Kier molecular flexibility index (Phi) is 6.60. The summed E-state index contributed by atoms with van der Waals surface area (Å²) in [5, 5.41) is 15.8. The normalized spacial score (nSPS) is 18.0. The van der Waals surface area contributed by atoms with Gasteiger partial charge in [0, 0.05) is 46.3 Å². The second-order valence-corrected chi connectivity index (χ2v) is 6.50. The van der Waals surface area contributed by atoms with E-state index in [0.29, 0.717) is 19.8 Å². The van der Waals surface area contributed by atoms with Gasteiger partial charge in [-0.3, -0.25) is 0 Å². The summed E-state index contributed by atoms with van der Waals surface area (Å²) in [6.07, 6.45) is 0.790. The molecule has 6 nitrogen and oxygen atoms in total. The number of benzene rings is 1. The third-order valence-electron chi connectivity index (χ3n) is 4.49. The molecule has 1 heterocycles. The van der Waals surface area contributed by atoms with E-state index in [9.17, 15) is 9.90 Å². The van der Waals surface area contributed by atoms with Gasteiger partial charge in [-0.15, -0.1) is 0 Å². The lowest BCUT2D eigenvalue weighted by atomic mass is 9.94. The molecule has 1 unspecified atom stereocenters. The van der Waals surface area contributed by atoms with Gasteiger partial charge in [-0.25, -0.2) is 4.79 Å². The molecule has 0 radical (unpaired) electrons. The van der Waals surface area contributed by atoms with Crippen LogP contribution >= 0.6 is 0 Å². The molecule has 134 valence electrons. The van der Waals surface area contributed by atoms with Crippen molar-refractivity contribution in [3.05, 3.63) is 34.9 Å². The van der Waals surface area contributed by atoms with E-state index in [-0.39, 0.29) is 18.2 Å². The molecule has 1 atom stereocenters. The van der Waals surface area contributed by atoms with Crippen LogP contribution in [0.1, 0.15) is 35.6 Å². The minimum absolute atomic E-state index is 0.165. The van der Waals surface area contributed by atoms with Crippen molar-refractivity contribution in [2.45, 2.75) is 38.4 Å². The quantitative estimate of drug-likeness (QED) is 0.740. The molecule has 24 heavy (non-hydrogen) atoms. The first kappa shape index (κ1) is 18.7. The van der Waals surface area contributed by atoms with Gasteiger partial charge in [0.25, 0.3) is 0 Å². The monoisotopic (exact) mass is 336 g/mol. The Labute approximate surface area is 143 Å². The first-order valence-corrected chi connectivity index (χ1v) is 8.35. The van der Waals surface area contributed by atoms with Crippen LogP contribution < -0.4 is 10.6 Å². The fourth-order valence-corrected chi connectivity index (χ4v) is 3.01. The van der Waals surface area contributed by atoms with Crippen molar-refractivity contribution in [2.75, 3.05) is 33.4 Å². The predicted octanol–water partition coefficient (Wildman–Crippen LogP) is 1.83. The maximum absolute atomic E-state index is 12.0. The summed E-state index contributed by atoms with van der Waals surface area (Å²) in [6, 6.07) is 5.61. The number of aliphatic hydroxyl groups excluding tert-OH is 1. The summed E-state index contributed by atoms with van der Waals surface area (Å²) < 4.78 is 10.9. The number of nitrogens with one attached hydrogen (secondary N) is 2. The van der Waals surface area contributed by atoms with Crippen LogP contribution in [0.15, 0.2) is 18.2 Å². The minimum Gasteiger partial charge on any atom is -0.387 e. The molecule has 6 heteroatoms. The molecule has 2 amide bonds. The molecule has 1 aromatic rings. The zero-order valence-corrected chi connectivity index (χ0v) is 14.7. The number of hydrogen-bond acceptors (Lipinski definition) is 4. The van der Waals surface area contributed by atoms with Crippen LogP contribution in [0.5, 0.6) is 0 Å². The largest absolute Gasteiger partial charge is 0.387 e. The summed E-state index contributed by atoms with van der Waals surface area (Å²) in [5.41, 5.74) is 2.64. The van der Waals surface area contributed by atoms with Crippen molar-refractivity contribution in [1.82, 2.24) is 10.6 Å². The van der Waals surface area contributed by atoms with Crippen molar-refractivity contribution < 1.29 is 19.4 Å². The van der Waals surface area contributed by atoms with Crippen molar-refractivity contribution in [1.29, 1.82) is 0 Å². The highest BCUT2D eigenvalue weighted by atomic mass is 16.5. The third kappa shape index (κ3) is 5.19. The summed E-state index contributed by atoms with van der Waals surface area (Å²) >= 11 is 0. The van der Waals surface area contributed by atoms with Crippen LogP contribution in [0.2, 0.25) is 0 Å². The van der Waals surface area contributed by atoms with Gasteiger partial charge in [0.15, 0.2) is 0 Å². The predicted molar refractivity (Wildman–Crippen MR) is 92.1 cm³/mol. The Hall–Kier alpha value is -1.63. The van der Waals surface area contributed by atoms with Gasteiger partial charge in [0.1, 0.15) is 0 Å². The Morgan fingerprint density at radius 2 is 1.88 bits per heavy atom. The average molecular weight is 336 g/mol. The molecule has 3 N–H and O–H groups in total. The van der Waals surface area contributed by atoms with E-state index in [2.05, 4.69) is 16.7 Å². The summed E-state index contributed by atoms with van der Waals surface area (Å²) in [7, 11) is 1.66. The standard InChI is InChI=1S/C18H28N2O4/c1-13-8-14(2)10-15(9-13)16(21)11-19-17(22)20-12-18(23-3)4-6-24-7-5-18/h8-10,16,21H,4-7,11-12H2,1-3H3,(H2,19,20,22). The van der Waals surface area contributed by atoms with E-state index in [0.717, 1.165) is 29.5 Å². The highest BCUT2D eigenvalue weighted by Crippen LogP contribution is 2.23. The Morgan fingerprint density at radius 1 is 1.25 bits per heavy atom. The van der Waals surface area contributed by atoms with Crippen molar-refractivity contribution in [3.63, 3.8) is 0 Å².